The molecule has 28 heavy (non-hydrogen) atoms. The number of aryl methyl sites for hydroxylation is 1. The molecule has 0 saturated heterocycles. The van der Waals surface area contributed by atoms with Gasteiger partial charge in [-0.15, -0.1) is 11.3 Å². The second kappa shape index (κ2) is 10.4. The molecule has 1 aliphatic rings. The molecule has 6 nitrogen and oxygen atoms in total. The zero-order chi connectivity index (χ0) is 20.8. The van der Waals surface area contributed by atoms with E-state index in [-0.39, 0.29) is 23.9 Å². The maximum Gasteiger partial charge on any atom is 0.255 e. The number of amides is 2. The molecule has 1 heterocycles. The third kappa shape index (κ3) is 5.55. The van der Waals surface area contributed by atoms with Gasteiger partial charge in [0.2, 0.25) is 5.91 Å². The lowest BCUT2D eigenvalue weighted by Crippen LogP contribution is -2.50. The standard InChI is InChI=1S/C21H36N4O2S/c1-7-14(8-2)19(26)23-21-18(15-11-9-10-12-16(15)28-21)20(27)22-17(25(5)6)13-24(3)4/h14,17H,7-13H2,1-6H3,(H,22,27)(H,23,26). The lowest BCUT2D eigenvalue weighted by atomic mass is 9.95. The molecule has 7 heteroatoms. The first-order valence-electron chi connectivity index (χ1n) is 10.4. The number of anilines is 1. The van der Waals surface area contributed by atoms with Crippen molar-refractivity contribution < 1.29 is 9.59 Å². The Labute approximate surface area is 173 Å². The van der Waals surface area contributed by atoms with Crippen LogP contribution in [-0.4, -0.2) is 62.5 Å². The minimum Gasteiger partial charge on any atom is -0.335 e. The van der Waals surface area contributed by atoms with Gasteiger partial charge in [0.25, 0.3) is 5.91 Å². The summed E-state index contributed by atoms with van der Waals surface area (Å²) in [5.41, 5.74) is 1.82. The molecule has 1 atom stereocenters. The molecular formula is C21H36N4O2S. The van der Waals surface area contributed by atoms with Crippen LogP contribution in [0.25, 0.3) is 0 Å². The van der Waals surface area contributed by atoms with Crippen LogP contribution >= 0.6 is 11.3 Å². The molecule has 0 aliphatic heterocycles. The van der Waals surface area contributed by atoms with E-state index in [2.05, 4.69) is 15.5 Å². The highest BCUT2D eigenvalue weighted by Crippen LogP contribution is 2.38. The van der Waals surface area contributed by atoms with Crippen LogP contribution in [0.3, 0.4) is 0 Å². The monoisotopic (exact) mass is 408 g/mol. The Bertz CT molecular complexity index is 680. The van der Waals surface area contributed by atoms with Gasteiger partial charge < -0.3 is 15.5 Å². The van der Waals surface area contributed by atoms with Crippen LogP contribution in [0.1, 0.15) is 60.3 Å². The molecule has 1 aromatic rings. The topological polar surface area (TPSA) is 64.7 Å². The van der Waals surface area contributed by atoms with Gasteiger partial charge in [-0.05, 0) is 72.3 Å². The number of likely N-dealkylation sites (N-methyl/N-ethyl adjacent to an activating group) is 2. The van der Waals surface area contributed by atoms with Gasteiger partial charge in [-0.1, -0.05) is 13.8 Å². The van der Waals surface area contributed by atoms with Gasteiger partial charge in [0, 0.05) is 17.3 Å². The fourth-order valence-corrected chi connectivity index (χ4v) is 4.96. The smallest absolute Gasteiger partial charge is 0.255 e. The van der Waals surface area contributed by atoms with Crippen molar-refractivity contribution in [3.63, 3.8) is 0 Å². The number of carbonyl (C=O) groups excluding carboxylic acids is 2. The molecule has 0 spiro atoms. The van der Waals surface area contributed by atoms with Crippen LogP contribution in [0.15, 0.2) is 0 Å². The fourth-order valence-electron chi connectivity index (χ4n) is 3.67. The van der Waals surface area contributed by atoms with Gasteiger partial charge in [-0.25, -0.2) is 0 Å². The van der Waals surface area contributed by atoms with E-state index in [0.717, 1.165) is 55.6 Å². The number of rotatable bonds is 9. The third-order valence-corrected chi connectivity index (χ3v) is 6.66. The molecular weight excluding hydrogens is 372 g/mol. The second-order valence-corrected chi connectivity index (χ2v) is 9.24. The summed E-state index contributed by atoms with van der Waals surface area (Å²) in [5.74, 6) is -0.0757. The number of fused-ring (bicyclic) bond motifs is 1. The van der Waals surface area contributed by atoms with Gasteiger partial charge in [-0.2, -0.15) is 0 Å². The van der Waals surface area contributed by atoms with Crippen LogP contribution < -0.4 is 10.6 Å². The predicted octanol–water partition coefficient (Wildman–Crippen LogP) is 3.18. The van der Waals surface area contributed by atoms with Crippen molar-refractivity contribution in [2.75, 3.05) is 40.1 Å². The summed E-state index contributed by atoms with van der Waals surface area (Å²) in [7, 11) is 7.92. The summed E-state index contributed by atoms with van der Waals surface area (Å²) < 4.78 is 0. The quantitative estimate of drug-likeness (QED) is 0.616. The Hall–Kier alpha value is -1.44. The molecule has 158 valence electrons. The van der Waals surface area contributed by atoms with Crippen molar-refractivity contribution in [2.45, 2.75) is 58.5 Å². The number of hydrogen-bond donors (Lipinski definition) is 2. The summed E-state index contributed by atoms with van der Waals surface area (Å²) in [6.45, 7) is 4.79. The highest BCUT2D eigenvalue weighted by Gasteiger charge is 2.29. The molecule has 0 aromatic carbocycles. The Kier molecular flexibility index (Phi) is 8.46. The number of nitrogens with zero attached hydrogens (tertiary/aromatic N) is 2. The zero-order valence-electron chi connectivity index (χ0n) is 18.2. The second-order valence-electron chi connectivity index (χ2n) is 8.13. The summed E-state index contributed by atoms with van der Waals surface area (Å²) in [6, 6.07) is 0. The SMILES string of the molecule is CCC(CC)C(=O)Nc1sc2c(c1C(=O)NC(CN(C)C)N(C)C)CCCC2. The van der Waals surface area contributed by atoms with E-state index in [1.165, 1.54) is 4.88 Å². The molecule has 2 rings (SSSR count). The Morgan fingerprint density at radius 1 is 1.07 bits per heavy atom. The zero-order valence-corrected chi connectivity index (χ0v) is 19.0. The summed E-state index contributed by atoms with van der Waals surface area (Å²) >= 11 is 1.59. The fraction of sp³-hybridized carbons (Fsp3) is 0.714. The number of carbonyl (C=O) groups is 2. The van der Waals surface area contributed by atoms with Crippen LogP contribution in [-0.2, 0) is 17.6 Å². The van der Waals surface area contributed by atoms with Gasteiger partial charge in [-0.3, -0.25) is 14.5 Å². The highest BCUT2D eigenvalue weighted by atomic mass is 32.1. The predicted molar refractivity (Wildman–Crippen MR) is 117 cm³/mol. The minimum atomic E-state index is -0.0933. The van der Waals surface area contributed by atoms with E-state index in [1.807, 2.05) is 46.9 Å². The molecule has 0 bridgehead atoms. The molecule has 0 fully saturated rings. The number of thiophene rings is 1. The van der Waals surface area contributed by atoms with Crippen LogP contribution in [0, 0.1) is 5.92 Å². The molecule has 0 saturated carbocycles. The van der Waals surface area contributed by atoms with Gasteiger partial charge in [0.15, 0.2) is 0 Å². The van der Waals surface area contributed by atoms with Crippen molar-refractivity contribution in [1.82, 2.24) is 15.1 Å². The summed E-state index contributed by atoms with van der Waals surface area (Å²) in [6.07, 6.45) is 5.67. The lowest BCUT2D eigenvalue weighted by molar-refractivity contribution is -0.120. The first kappa shape index (κ1) is 22.8. The normalized spacial score (nSPS) is 15.0. The van der Waals surface area contributed by atoms with Crippen molar-refractivity contribution in [2.24, 2.45) is 5.92 Å². The first-order valence-corrected chi connectivity index (χ1v) is 11.2. The largest absolute Gasteiger partial charge is 0.335 e. The van der Waals surface area contributed by atoms with E-state index in [1.54, 1.807) is 11.3 Å². The maximum absolute atomic E-state index is 13.3. The van der Waals surface area contributed by atoms with Crippen LogP contribution in [0.2, 0.25) is 0 Å². The van der Waals surface area contributed by atoms with Crippen molar-refractivity contribution >= 4 is 28.2 Å². The Balaban J connectivity index is 2.31. The van der Waals surface area contributed by atoms with E-state index in [9.17, 15) is 9.59 Å². The number of nitrogens with one attached hydrogen (secondary N) is 2. The summed E-state index contributed by atoms with van der Waals surface area (Å²) in [5, 5.41) is 6.99. The van der Waals surface area contributed by atoms with Gasteiger partial charge in [0.1, 0.15) is 5.00 Å². The minimum absolute atomic E-state index is 0.0155. The molecule has 2 N–H and O–H groups in total. The Morgan fingerprint density at radius 3 is 2.29 bits per heavy atom. The molecule has 0 radical (unpaired) electrons. The maximum atomic E-state index is 13.3. The van der Waals surface area contributed by atoms with Crippen LogP contribution in [0.5, 0.6) is 0 Å². The van der Waals surface area contributed by atoms with E-state index in [0.29, 0.717) is 5.56 Å². The van der Waals surface area contributed by atoms with E-state index in [4.69, 9.17) is 0 Å². The molecule has 1 aromatic heterocycles. The van der Waals surface area contributed by atoms with Crippen molar-refractivity contribution in [3.8, 4) is 0 Å². The first-order chi connectivity index (χ1) is 13.3. The van der Waals surface area contributed by atoms with Crippen LogP contribution in [0.4, 0.5) is 5.00 Å². The molecule has 2 amide bonds. The highest BCUT2D eigenvalue weighted by molar-refractivity contribution is 7.17. The van der Waals surface area contributed by atoms with Gasteiger partial charge in [0.05, 0.1) is 11.7 Å². The summed E-state index contributed by atoms with van der Waals surface area (Å²) in [4.78, 5) is 31.3. The Morgan fingerprint density at radius 2 is 1.71 bits per heavy atom. The van der Waals surface area contributed by atoms with E-state index < -0.39 is 0 Å². The average Bonchev–Trinajstić information content (AvgIpc) is 2.99. The third-order valence-electron chi connectivity index (χ3n) is 5.45. The van der Waals surface area contributed by atoms with Gasteiger partial charge >= 0.3 is 0 Å². The van der Waals surface area contributed by atoms with E-state index >= 15 is 0 Å². The lowest BCUT2D eigenvalue weighted by Gasteiger charge is -2.28. The average molecular weight is 409 g/mol. The molecule has 1 unspecified atom stereocenters. The number of hydrogen-bond acceptors (Lipinski definition) is 5. The molecule has 1 aliphatic carbocycles. The van der Waals surface area contributed by atoms with Crippen molar-refractivity contribution in [1.29, 1.82) is 0 Å². The van der Waals surface area contributed by atoms with Crippen molar-refractivity contribution in [3.05, 3.63) is 16.0 Å².